The number of aromatic nitrogens is 1. The summed E-state index contributed by atoms with van der Waals surface area (Å²) in [6.07, 6.45) is 5.48. The molecule has 5 nitrogen and oxygen atoms in total. The van der Waals surface area contributed by atoms with Gasteiger partial charge in [0, 0.05) is 55.1 Å². The predicted octanol–water partition coefficient (Wildman–Crippen LogP) is 4.19. The molecule has 1 aliphatic rings. The normalized spacial score (nSPS) is 13.9. The van der Waals surface area contributed by atoms with Crippen molar-refractivity contribution in [1.82, 2.24) is 15.2 Å². The summed E-state index contributed by atoms with van der Waals surface area (Å²) in [5.41, 5.74) is 5.87. The third-order valence-corrected chi connectivity index (χ3v) is 5.80. The first-order chi connectivity index (χ1) is 14.6. The number of carbonyl (C=O) groups is 2. The molecule has 0 bridgehead atoms. The van der Waals surface area contributed by atoms with Gasteiger partial charge < -0.3 is 15.2 Å². The topological polar surface area (TPSA) is 65.2 Å². The molecule has 0 spiro atoms. The molecule has 3 aromatic rings. The van der Waals surface area contributed by atoms with Crippen LogP contribution in [0, 0.1) is 6.92 Å². The third kappa shape index (κ3) is 4.46. The van der Waals surface area contributed by atoms with Crippen molar-refractivity contribution in [3.63, 3.8) is 0 Å². The molecule has 2 amide bonds. The van der Waals surface area contributed by atoms with Gasteiger partial charge >= 0.3 is 0 Å². The van der Waals surface area contributed by atoms with Crippen molar-refractivity contribution in [1.29, 1.82) is 0 Å². The fraction of sp³-hybridized carbons (Fsp3) is 0.280. The number of nitrogens with one attached hydrogen (secondary N) is 2. The Kier molecular flexibility index (Phi) is 5.98. The van der Waals surface area contributed by atoms with E-state index in [0.717, 1.165) is 23.1 Å². The molecule has 154 valence electrons. The van der Waals surface area contributed by atoms with Crippen LogP contribution in [0.1, 0.15) is 36.0 Å². The molecule has 1 aromatic heterocycles. The van der Waals surface area contributed by atoms with Crippen LogP contribution in [-0.2, 0) is 16.1 Å². The van der Waals surface area contributed by atoms with E-state index in [-0.39, 0.29) is 24.7 Å². The minimum Gasteiger partial charge on any atom is -0.361 e. The molecule has 4 rings (SSSR count). The lowest BCUT2D eigenvalue weighted by molar-refractivity contribution is -0.133. The Hall–Kier alpha value is -3.34. The average Bonchev–Trinajstić information content (AvgIpc) is 3.21. The average molecular weight is 402 g/mol. The van der Waals surface area contributed by atoms with Gasteiger partial charge in [0.1, 0.15) is 0 Å². The predicted molar refractivity (Wildman–Crippen MR) is 120 cm³/mol. The van der Waals surface area contributed by atoms with Crippen molar-refractivity contribution >= 4 is 28.3 Å². The maximum Gasteiger partial charge on any atom is 0.223 e. The van der Waals surface area contributed by atoms with Crippen molar-refractivity contribution in [2.24, 2.45) is 0 Å². The summed E-state index contributed by atoms with van der Waals surface area (Å²) in [7, 11) is 0. The minimum atomic E-state index is -0.0846. The third-order valence-electron chi connectivity index (χ3n) is 5.80. The quantitative estimate of drug-likeness (QED) is 0.650. The summed E-state index contributed by atoms with van der Waals surface area (Å²) in [6.45, 7) is 3.81. The van der Waals surface area contributed by atoms with E-state index in [2.05, 4.69) is 28.5 Å². The maximum absolute atomic E-state index is 12.5. The number of carbonyl (C=O) groups excluding carboxylic acids is 2. The van der Waals surface area contributed by atoms with Gasteiger partial charge in [-0.05, 0) is 36.1 Å². The summed E-state index contributed by atoms with van der Waals surface area (Å²) in [5, 5.41) is 4.13. The standard InChI is InChI=1S/C25H27N3O2/c1-18-6-2-3-7-20(18)16-27-24(29)10-11-25(30)28-14-12-19(13-15-28)22-17-26-23-9-5-4-8-21(22)23/h2-9,12,17,26H,10-11,13-16H2,1H3,(H,27,29). The highest BCUT2D eigenvalue weighted by molar-refractivity contribution is 5.93. The lowest BCUT2D eigenvalue weighted by Gasteiger charge is -2.26. The first kappa shape index (κ1) is 20.0. The van der Waals surface area contributed by atoms with Gasteiger partial charge in [0.25, 0.3) is 0 Å². The highest BCUT2D eigenvalue weighted by atomic mass is 16.2. The molecular weight excluding hydrogens is 374 g/mol. The summed E-state index contributed by atoms with van der Waals surface area (Å²) in [4.78, 5) is 29.9. The van der Waals surface area contributed by atoms with Gasteiger partial charge in [-0.3, -0.25) is 9.59 Å². The van der Waals surface area contributed by atoms with E-state index in [1.807, 2.05) is 54.4 Å². The molecule has 0 radical (unpaired) electrons. The second-order valence-corrected chi connectivity index (χ2v) is 7.77. The molecule has 0 aliphatic carbocycles. The smallest absolute Gasteiger partial charge is 0.223 e. The zero-order chi connectivity index (χ0) is 20.9. The lowest BCUT2D eigenvalue weighted by atomic mass is 9.98. The second kappa shape index (κ2) is 8.99. The number of fused-ring (bicyclic) bond motifs is 1. The number of amides is 2. The van der Waals surface area contributed by atoms with Crippen molar-refractivity contribution in [2.75, 3.05) is 13.1 Å². The molecule has 1 aliphatic heterocycles. The Morgan fingerprint density at radius 3 is 2.67 bits per heavy atom. The SMILES string of the molecule is Cc1ccccc1CNC(=O)CCC(=O)N1CC=C(c2c[nH]c3ccccc23)CC1. The number of nitrogens with zero attached hydrogens (tertiary/aromatic N) is 1. The van der Waals surface area contributed by atoms with Gasteiger partial charge in [0.2, 0.25) is 11.8 Å². The Labute approximate surface area is 176 Å². The van der Waals surface area contributed by atoms with Crippen molar-refractivity contribution in [2.45, 2.75) is 32.7 Å². The zero-order valence-electron chi connectivity index (χ0n) is 17.3. The summed E-state index contributed by atoms with van der Waals surface area (Å²) < 4.78 is 0. The lowest BCUT2D eigenvalue weighted by Crippen LogP contribution is -2.35. The molecule has 30 heavy (non-hydrogen) atoms. The van der Waals surface area contributed by atoms with Crippen LogP contribution in [0.15, 0.2) is 60.8 Å². The van der Waals surface area contributed by atoms with Crippen LogP contribution >= 0.6 is 0 Å². The summed E-state index contributed by atoms with van der Waals surface area (Å²) >= 11 is 0. The fourth-order valence-corrected chi connectivity index (χ4v) is 3.95. The minimum absolute atomic E-state index is 0.0373. The van der Waals surface area contributed by atoms with Gasteiger partial charge in [0.15, 0.2) is 0 Å². The molecule has 0 saturated carbocycles. The first-order valence-corrected chi connectivity index (χ1v) is 10.5. The van der Waals surface area contributed by atoms with Crippen molar-refractivity contribution in [3.8, 4) is 0 Å². The van der Waals surface area contributed by atoms with Gasteiger partial charge in [-0.2, -0.15) is 0 Å². The van der Waals surface area contributed by atoms with Crippen LogP contribution in [0.4, 0.5) is 0 Å². The Morgan fingerprint density at radius 1 is 1.07 bits per heavy atom. The monoisotopic (exact) mass is 401 g/mol. The van der Waals surface area contributed by atoms with Crippen LogP contribution in [0.2, 0.25) is 0 Å². The molecular formula is C25H27N3O2. The van der Waals surface area contributed by atoms with E-state index in [4.69, 9.17) is 0 Å². The number of H-pyrrole nitrogens is 1. The second-order valence-electron chi connectivity index (χ2n) is 7.77. The molecule has 5 heteroatoms. The van der Waals surface area contributed by atoms with E-state index >= 15 is 0 Å². The highest BCUT2D eigenvalue weighted by Crippen LogP contribution is 2.29. The van der Waals surface area contributed by atoms with Gasteiger partial charge in [0.05, 0.1) is 0 Å². The number of aromatic amines is 1. The number of hydrogen-bond acceptors (Lipinski definition) is 2. The molecule has 2 N–H and O–H groups in total. The van der Waals surface area contributed by atoms with E-state index in [0.29, 0.717) is 19.6 Å². The number of benzene rings is 2. The van der Waals surface area contributed by atoms with Crippen molar-refractivity contribution < 1.29 is 9.59 Å². The first-order valence-electron chi connectivity index (χ1n) is 10.5. The molecule has 0 atom stereocenters. The zero-order valence-corrected chi connectivity index (χ0v) is 17.3. The number of para-hydroxylation sites is 1. The Bertz CT molecular complexity index is 1100. The van der Waals surface area contributed by atoms with Crippen LogP contribution in [0.25, 0.3) is 16.5 Å². The molecule has 0 unspecified atom stereocenters. The van der Waals surface area contributed by atoms with Crippen LogP contribution in [-0.4, -0.2) is 34.8 Å². The summed E-state index contributed by atoms with van der Waals surface area (Å²) in [5.74, 6) is -0.0473. The van der Waals surface area contributed by atoms with E-state index < -0.39 is 0 Å². The van der Waals surface area contributed by atoms with Crippen LogP contribution < -0.4 is 5.32 Å². The fourth-order valence-electron chi connectivity index (χ4n) is 3.95. The number of hydrogen-bond donors (Lipinski definition) is 2. The van der Waals surface area contributed by atoms with E-state index in [1.54, 1.807) is 0 Å². The molecule has 0 fully saturated rings. The number of aryl methyl sites for hydroxylation is 1. The molecule has 2 heterocycles. The van der Waals surface area contributed by atoms with Crippen LogP contribution in [0.5, 0.6) is 0 Å². The van der Waals surface area contributed by atoms with E-state index in [9.17, 15) is 9.59 Å². The van der Waals surface area contributed by atoms with E-state index in [1.165, 1.54) is 16.5 Å². The maximum atomic E-state index is 12.5. The van der Waals surface area contributed by atoms with Gasteiger partial charge in [-0.25, -0.2) is 0 Å². The molecule has 0 saturated heterocycles. The number of rotatable bonds is 6. The summed E-state index contributed by atoms with van der Waals surface area (Å²) in [6, 6.07) is 16.2. The largest absolute Gasteiger partial charge is 0.361 e. The van der Waals surface area contributed by atoms with Crippen LogP contribution in [0.3, 0.4) is 0 Å². The highest BCUT2D eigenvalue weighted by Gasteiger charge is 2.20. The van der Waals surface area contributed by atoms with Crippen molar-refractivity contribution in [3.05, 3.63) is 77.5 Å². The molecule has 2 aromatic carbocycles. The van der Waals surface area contributed by atoms with Gasteiger partial charge in [-0.15, -0.1) is 0 Å². The van der Waals surface area contributed by atoms with Gasteiger partial charge in [-0.1, -0.05) is 48.5 Å². The Morgan fingerprint density at radius 2 is 1.87 bits per heavy atom. The Balaban J connectivity index is 1.27.